The molecule has 0 heterocycles. The quantitative estimate of drug-likeness (QED) is 0.639. The van der Waals surface area contributed by atoms with Crippen molar-refractivity contribution < 1.29 is 4.79 Å². The van der Waals surface area contributed by atoms with Gasteiger partial charge in [-0.05, 0) is 41.5 Å². The second-order valence-electron chi connectivity index (χ2n) is 3.82. The lowest BCUT2D eigenvalue weighted by Crippen LogP contribution is -1.96. The van der Waals surface area contributed by atoms with Crippen molar-refractivity contribution in [2.24, 2.45) is 0 Å². The highest BCUT2D eigenvalue weighted by molar-refractivity contribution is 9.10. The molecule has 0 aliphatic heterocycles. The molecule has 3 rings (SSSR count). The maximum atomic E-state index is 12.1. The second kappa shape index (κ2) is 3.19. The van der Waals surface area contributed by atoms with Gasteiger partial charge in [0.05, 0.1) is 0 Å². The molecule has 1 aliphatic rings. The van der Waals surface area contributed by atoms with Gasteiger partial charge >= 0.3 is 0 Å². The molecule has 0 amide bonds. The van der Waals surface area contributed by atoms with Crippen molar-refractivity contribution in [3.63, 3.8) is 0 Å². The van der Waals surface area contributed by atoms with E-state index in [1.807, 2.05) is 30.3 Å². The number of benzene rings is 2. The maximum absolute atomic E-state index is 12.1. The zero-order valence-electron chi connectivity index (χ0n) is 8.33. The van der Waals surface area contributed by atoms with Gasteiger partial charge in [-0.2, -0.15) is 0 Å². The van der Waals surface area contributed by atoms with Gasteiger partial charge in [-0.15, -0.1) is 0 Å². The van der Waals surface area contributed by atoms with Gasteiger partial charge in [0.25, 0.3) is 0 Å². The summed E-state index contributed by atoms with van der Waals surface area (Å²) >= 11 is 3.42. The van der Waals surface area contributed by atoms with Crippen LogP contribution in [0.5, 0.6) is 0 Å². The number of hydrogen-bond acceptors (Lipinski definition) is 2. The van der Waals surface area contributed by atoms with E-state index in [4.69, 9.17) is 5.73 Å². The molecule has 2 nitrogen and oxygen atoms in total. The third kappa shape index (κ3) is 1.21. The zero-order chi connectivity index (χ0) is 11.3. The van der Waals surface area contributed by atoms with E-state index < -0.39 is 0 Å². The van der Waals surface area contributed by atoms with Crippen LogP contribution in [0, 0.1) is 0 Å². The van der Waals surface area contributed by atoms with Crippen LogP contribution in [-0.4, -0.2) is 5.78 Å². The van der Waals surface area contributed by atoms with Crippen LogP contribution in [0.3, 0.4) is 0 Å². The van der Waals surface area contributed by atoms with Gasteiger partial charge < -0.3 is 5.73 Å². The SMILES string of the molecule is Nc1ccc2c(c1)C(=O)c1ccc(Br)cc1-2. The second-order valence-corrected chi connectivity index (χ2v) is 4.74. The normalized spacial score (nSPS) is 12.4. The molecule has 3 heteroatoms. The van der Waals surface area contributed by atoms with Crippen molar-refractivity contribution >= 4 is 27.4 Å². The van der Waals surface area contributed by atoms with Crippen LogP contribution in [0.25, 0.3) is 11.1 Å². The van der Waals surface area contributed by atoms with Crippen molar-refractivity contribution in [1.82, 2.24) is 0 Å². The predicted octanol–water partition coefficient (Wildman–Crippen LogP) is 3.24. The van der Waals surface area contributed by atoms with Crippen molar-refractivity contribution in [3.05, 3.63) is 52.0 Å². The fourth-order valence-electron chi connectivity index (χ4n) is 2.07. The molecule has 0 spiro atoms. The largest absolute Gasteiger partial charge is 0.399 e. The Balaban J connectivity index is 2.36. The molecule has 0 saturated heterocycles. The highest BCUT2D eigenvalue weighted by Gasteiger charge is 2.26. The van der Waals surface area contributed by atoms with Gasteiger partial charge in [0.15, 0.2) is 5.78 Å². The zero-order valence-corrected chi connectivity index (χ0v) is 9.91. The summed E-state index contributed by atoms with van der Waals surface area (Å²) in [5.41, 5.74) is 9.72. The number of carbonyl (C=O) groups is 1. The first-order valence-electron chi connectivity index (χ1n) is 4.91. The van der Waals surface area contributed by atoms with Crippen LogP contribution in [0.1, 0.15) is 15.9 Å². The number of rotatable bonds is 0. The Bertz CT molecular complexity index is 619. The van der Waals surface area contributed by atoms with Crippen molar-refractivity contribution in [2.45, 2.75) is 0 Å². The lowest BCUT2D eigenvalue weighted by molar-refractivity contribution is 0.104. The number of nitrogen functional groups attached to an aromatic ring is 1. The highest BCUT2D eigenvalue weighted by Crippen LogP contribution is 2.38. The van der Waals surface area contributed by atoms with E-state index in [1.165, 1.54) is 0 Å². The first-order chi connectivity index (χ1) is 7.66. The summed E-state index contributed by atoms with van der Waals surface area (Å²) in [6.07, 6.45) is 0. The summed E-state index contributed by atoms with van der Waals surface area (Å²) in [4.78, 5) is 12.1. The third-order valence-corrected chi connectivity index (χ3v) is 3.30. The highest BCUT2D eigenvalue weighted by atomic mass is 79.9. The van der Waals surface area contributed by atoms with Gasteiger partial charge in [0.1, 0.15) is 0 Å². The Morgan fingerprint density at radius 1 is 0.875 bits per heavy atom. The van der Waals surface area contributed by atoms with E-state index in [9.17, 15) is 4.79 Å². The number of anilines is 1. The van der Waals surface area contributed by atoms with Gasteiger partial charge in [-0.25, -0.2) is 0 Å². The van der Waals surface area contributed by atoms with E-state index in [0.29, 0.717) is 11.3 Å². The molecule has 0 aromatic heterocycles. The molecule has 0 atom stereocenters. The van der Waals surface area contributed by atoms with E-state index in [0.717, 1.165) is 21.2 Å². The van der Waals surface area contributed by atoms with Crippen molar-refractivity contribution in [1.29, 1.82) is 0 Å². The Morgan fingerprint density at radius 3 is 2.44 bits per heavy atom. The third-order valence-electron chi connectivity index (χ3n) is 2.80. The number of ketones is 1. The average molecular weight is 274 g/mol. The van der Waals surface area contributed by atoms with E-state index in [2.05, 4.69) is 15.9 Å². The molecule has 0 unspecified atom stereocenters. The summed E-state index contributed by atoms with van der Waals surface area (Å²) in [7, 11) is 0. The summed E-state index contributed by atoms with van der Waals surface area (Å²) < 4.78 is 0.976. The van der Waals surface area contributed by atoms with Crippen LogP contribution >= 0.6 is 15.9 Å². The minimum absolute atomic E-state index is 0.0600. The molecule has 0 bridgehead atoms. The Morgan fingerprint density at radius 2 is 1.62 bits per heavy atom. The lowest BCUT2D eigenvalue weighted by Gasteiger charge is -2.00. The molecular weight excluding hydrogens is 266 g/mol. The van der Waals surface area contributed by atoms with Crippen LogP contribution in [0.15, 0.2) is 40.9 Å². The monoisotopic (exact) mass is 273 g/mol. The molecule has 0 saturated carbocycles. The number of fused-ring (bicyclic) bond motifs is 3. The molecule has 2 aromatic carbocycles. The van der Waals surface area contributed by atoms with Gasteiger partial charge in [-0.1, -0.05) is 22.0 Å². The van der Waals surface area contributed by atoms with E-state index in [-0.39, 0.29) is 5.78 Å². The summed E-state index contributed by atoms with van der Waals surface area (Å²) in [6.45, 7) is 0. The number of hydrogen-bond donors (Lipinski definition) is 1. The maximum Gasteiger partial charge on any atom is 0.194 e. The first-order valence-corrected chi connectivity index (χ1v) is 5.70. The molecule has 0 fully saturated rings. The summed E-state index contributed by atoms with van der Waals surface area (Å²) in [5, 5.41) is 0. The first kappa shape index (κ1) is 9.60. The Hall–Kier alpha value is -1.61. The number of carbonyl (C=O) groups excluding carboxylic acids is 1. The average Bonchev–Trinajstić information content (AvgIpc) is 2.52. The molecule has 78 valence electrons. The molecule has 2 aromatic rings. The smallest absolute Gasteiger partial charge is 0.194 e. The topological polar surface area (TPSA) is 43.1 Å². The van der Waals surface area contributed by atoms with Crippen molar-refractivity contribution in [2.75, 3.05) is 5.73 Å². The standard InChI is InChI=1S/C13H8BrNO/c14-7-1-3-10-11(5-7)9-4-2-8(15)6-12(9)13(10)16/h1-6H,15H2. The number of nitrogens with two attached hydrogens (primary N) is 1. The predicted molar refractivity (Wildman–Crippen MR) is 67.4 cm³/mol. The Kier molecular flexibility index (Phi) is 1.91. The molecule has 16 heavy (non-hydrogen) atoms. The fourth-order valence-corrected chi connectivity index (χ4v) is 2.43. The molecule has 1 aliphatic carbocycles. The van der Waals surface area contributed by atoms with Gasteiger partial charge in [-0.3, -0.25) is 4.79 Å². The molecule has 0 radical (unpaired) electrons. The van der Waals surface area contributed by atoms with Gasteiger partial charge in [0.2, 0.25) is 0 Å². The van der Waals surface area contributed by atoms with Gasteiger partial charge in [0, 0.05) is 21.3 Å². The molecular formula is C13H8BrNO. The molecule has 2 N–H and O–H groups in total. The van der Waals surface area contributed by atoms with Crippen LogP contribution in [0.4, 0.5) is 5.69 Å². The van der Waals surface area contributed by atoms with Crippen LogP contribution < -0.4 is 5.73 Å². The number of halogens is 1. The van der Waals surface area contributed by atoms with Crippen LogP contribution in [0.2, 0.25) is 0 Å². The summed E-state index contributed by atoms with van der Waals surface area (Å²) in [6, 6.07) is 11.2. The summed E-state index contributed by atoms with van der Waals surface area (Å²) in [5.74, 6) is 0.0600. The van der Waals surface area contributed by atoms with Crippen molar-refractivity contribution in [3.8, 4) is 11.1 Å². The minimum atomic E-state index is 0.0600. The fraction of sp³-hybridized carbons (Fsp3) is 0. The van der Waals surface area contributed by atoms with E-state index in [1.54, 1.807) is 6.07 Å². The minimum Gasteiger partial charge on any atom is -0.399 e. The lowest BCUT2D eigenvalue weighted by atomic mass is 10.1. The van der Waals surface area contributed by atoms with Crippen LogP contribution in [-0.2, 0) is 0 Å². The Labute approximate surface area is 101 Å². The van der Waals surface area contributed by atoms with E-state index >= 15 is 0 Å².